The van der Waals surface area contributed by atoms with Crippen LogP contribution in [0.25, 0.3) is 16.5 Å². The molecule has 1 saturated heterocycles. The maximum atomic E-state index is 12.7. The predicted octanol–water partition coefficient (Wildman–Crippen LogP) is 1.17. The van der Waals surface area contributed by atoms with Crippen molar-refractivity contribution in [1.29, 1.82) is 0 Å². The van der Waals surface area contributed by atoms with Gasteiger partial charge in [-0.1, -0.05) is 17.3 Å². The fourth-order valence-electron chi connectivity index (χ4n) is 3.06. The van der Waals surface area contributed by atoms with Crippen LogP contribution in [0.2, 0.25) is 0 Å². The number of nitrogens with one attached hydrogen (secondary N) is 1. The van der Waals surface area contributed by atoms with Crippen LogP contribution in [0, 0.1) is 6.92 Å². The first-order valence-corrected chi connectivity index (χ1v) is 8.01. The van der Waals surface area contributed by atoms with E-state index in [0.29, 0.717) is 18.8 Å². The van der Waals surface area contributed by atoms with Gasteiger partial charge in [-0.15, -0.1) is 5.10 Å². The van der Waals surface area contributed by atoms with Crippen molar-refractivity contribution in [3.63, 3.8) is 0 Å². The van der Waals surface area contributed by atoms with Crippen LogP contribution >= 0.6 is 0 Å². The average molecular weight is 322 g/mol. The maximum Gasteiger partial charge on any atom is 0.276 e. The largest absolute Gasteiger partial charge is 0.335 e. The van der Waals surface area contributed by atoms with Crippen LogP contribution in [0.5, 0.6) is 0 Å². The predicted molar refractivity (Wildman–Crippen MR) is 90.2 cm³/mol. The summed E-state index contributed by atoms with van der Waals surface area (Å²) in [5.41, 5.74) is 2.07. The summed E-state index contributed by atoms with van der Waals surface area (Å²) in [4.78, 5) is 18.7. The van der Waals surface area contributed by atoms with Crippen LogP contribution in [0.1, 0.15) is 16.2 Å². The van der Waals surface area contributed by atoms with Crippen molar-refractivity contribution in [2.75, 3.05) is 26.2 Å². The van der Waals surface area contributed by atoms with Gasteiger partial charge >= 0.3 is 0 Å². The van der Waals surface area contributed by atoms with Crippen molar-refractivity contribution in [3.05, 3.63) is 48.0 Å². The van der Waals surface area contributed by atoms with Gasteiger partial charge in [-0.05, 0) is 19.1 Å². The number of piperazine rings is 1. The highest BCUT2D eigenvalue weighted by molar-refractivity contribution is 5.94. The van der Waals surface area contributed by atoms with E-state index in [-0.39, 0.29) is 5.91 Å². The van der Waals surface area contributed by atoms with Gasteiger partial charge in [-0.25, -0.2) is 4.68 Å². The topological polar surface area (TPSA) is 75.9 Å². The number of amides is 1. The number of fused-ring (bicyclic) bond motifs is 1. The molecule has 4 rings (SSSR count). The highest BCUT2D eigenvalue weighted by Crippen LogP contribution is 2.22. The summed E-state index contributed by atoms with van der Waals surface area (Å²) < 4.78 is 1.73. The third kappa shape index (κ3) is 2.43. The molecule has 7 heteroatoms. The molecule has 24 heavy (non-hydrogen) atoms. The van der Waals surface area contributed by atoms with Crippen LogP contribution in [0.3, 0.4) is 0 Å². The Morgan fingerprint density at radius 2 is 2.04 bits per heavy atom. The van der Waals surface area contributed by atoms with E-state index >= 15 is 0 Å². The minimum absolute atomic E-state index is 0.0536. The molecule has 1 N–H and O–H groups in total. The zero-order chi connectivity index (χ0) is 16.5. The van der Waals surface area contributed by atoms with Gasteiger partial charge in [0.25, 0.3) is 5.91 Å². The van der Waals surface area contributed by atoms with Crippen LogP contribution in [0.15, 0.2) is 36.7 Å². The van der Waals surface area contributed by atoms with Crippen LogP contribution < -0.4 is 5.32 Å². The first-order valence-electron chi connectivity index (χ1n) is 8.01. The number of hydrogen-bond acceptors (Lipinski definition) is 5. The van der Waals surface area contributed by atoms with E-state index in [9.17, 15) is 4.79 Å². The number of carbonyl (C=O) groups excluding carboxylic acids is 1. The molecular weight excluding hydrogens is 304 g/mol. The Morgan fingerprint density at radius 3 is 2.88 bits per heavy atom. The van der Waals surface area contributed by atoms with Crippen molar-refractivity contribution in [2.45, 2.75) is 6.92 Å². The normalized spacial score (nSPS) is 15.0. The summed E-state index contributed by atoms with van der Waals surface area (Å²) in [6.07, 6.45) is 3.57. The first-order chi connectivity index (χ1) is 11.8. The van der Waals surface area contributed by atoms with Gasteiger partial charge in [0.05, 0.1) is 11.4 Å². The first kappa shape index (κ1) is 14.8. The molecule has 0 atom stereocenters. The molecule has 0 spiro atoms. The lowest BCUT2D eigenvalue weighted by molar-refractivity contribution is 0.0729. The van der Waals surface area contributed by atoms with E-state index in [4.69, 9.17) is 0 Å². The Kier molecular flexibility index (Phi) is 3.70. The zero-order valence-electron chi connectivity index (χ0n) is 13.4. The lowest BCUT2D eigenvalue weighted by Gasteiger charge is -2.26. The Morgan fingerprint density at radius 1 is 1.21 bits per heavy atom. The van der Waals surface area contributed by atoms with E-state index in [2.05, 4.69) is 20.6 Å². The Labute approximate surface area is 139 Å². The molecule has 2 aromatic heterocycles. The number of nitrogens with zero attached hydrogens (tertiary/aromatic N) is 5. The monoisotopic (exact) mass is 322 g/mol. The Bertz CT molecular complexity index is 892. The third-order valence-corrected chi connectivity index (χ3v) is 4.39. The van der Waals surface area contributed by atoms with E-state index < -0.39 is 0 Å². The highest BCUT2D eigenvalue weighted by atomic mass is 16.2. The molecule has 122 valence electrons. The second-order valence-electron chi connectivity index (χ2n) is 5.85. The van der Waals surface area contributed by atoms with Gasteiger partial charge in [0.1, 0.15) is 0 Å². The number of hydrogen-bond donors (Lipinski definition) is 1. The summed E-state index contributed by atoms with van der Waals surface area (Å²) in [6.45, 7) is 4.91. The smallest absolute Gasteiger partial charge is 0.276 e. The van der Waals surface area contributed by atoms with E-state index in [1.165, 1.54) is 0 Å². The third-order valence-electron chi connectivity index (χ3n) is 4.39. The van der Waals surface area contributed by atoms with Gasteiger partial charge in [-0.3, -0.25) is 9.78 Å². The second kappa shape index (κ2) is 6.01. The van der Waals surface area contributed by atoms with Crippen molar-refractivity contribution in [1.82, 2.24) is 30.2 Å². The quantitative estimate of drug-likeness (QED) is 0.766. The summed E-state index contributed by atoms with van der Waals surface area (Å²) in [7, 11) is 0. The fourth-order valence-corrected chi connectivity index (χ4v) is 3.06. The van der Waals surface area contributed by atoms with Crippen LogP contribution in [-0.4, -0.2) is 57.0 Å². The van der Waals surface area contributed by atoms with Crippen molar-refractivity contribution < 1.29 is 4.79 Å². The summed E-state index contributed by atoms with van der Waals surface area (Å²) in [6, 6.07) is 7.88. The van der Waals surface area contributed by atoms with Gasteiger partial charge in [0.15, 0.2) is 5.69 Å². The molecule has 1 amide bonds. The van der Waals surface area contributed by atoms with Crippen molar-refractivity contribution >= 4 is 16.7 Å². The zero-order valence-corrected chi connectivity index (χ0v) is 13.4. The minimum atomic E-state index is -0.0536. The van der Waals surface area contributed by atoms with Gasteiger partial charge in [-0.2, -0.15) is 0 Å². The number of rotatable bonds is 2. The highest BCUT2D eigenvalue weighted by Gasteiger charge is 2.24. The molecule has 1 aliphatic rings. The van der Waals surface area contributed by atoms with Crippen molar-refractivity contribution in [2.24, 2.45) is 0 Å². The molecule has 0 bridgehead atoms. The fraction of sp³-hybridized carbons (Fsp3) is 0.294. The van der Waals surface area contributed by atoms with Crippen molar-refractivity contribution in [3.8, 4) is 5.69 Å². The summed E-state index contributed by atoms with van der Waals surface area (Å²) in [5.74, 6) is -0.0536. The molecule has 3 aromatic rings. The van der Waals surface area contributed by atoms with E-state index in [0.717, 1.165) is 35.2 Å². The Balaban J connectivity index is 1.75. The molecule has 3 heterocycles. The standard InChI is InChI=1S/C17H18N6O/c1-12-16(17(24)22-9-7-18-8-10-22)20-21-23(12)15-4-2-3-13-11-19-6-5-14(13)15/h2-6,11,18H,7-10H2,1H3. The van der Waals surface area contributed by atoms with E-state index in [1.807, 2.05) is 42.3 Å². The number of pyridine rings is 1. The molecule has 0 aliphatic carbocycles. The molecule has 0 radical (unpaired) electrons. The maximum absolute atomic E-state index is 12.7. The minimum Gasteiger partial charge on any atom is -0.335 e. The molecule has 1 fully saturated rings. The molecule has 7 nitrogen and oxygen atoms in total. The number of aromatic nitrogens is 4. The lowest BCUT2D eigenvalue weighted by Crippen LogP contribution is -2.46. The van der Waals surface area contributed by atoms with Crippen LogP contribution in [-0.2, 0) is 0 Å². The van der Waals surface area contributed by atoms with Gasteiger partial charge in [0.2, 0.25) is 0 Å². The Hall–Kier alpha value is -2.80. The summed E-state index contributed by atoms with van der Waals surface area (Å²) in [5, 5.41) is 13.7. The van der Waals surface area contributed by atoms with Crippen LogP contribution in [0.4, 0.5) is 0 Å². The number of carbonyl (C=O) groups is 1. The van der Waals surface area contributed by atoms with Gasteiger partial charge < -0.3 is 10.2 Å². The molecule has 0 saturated carbocycles. The SMILES string of the molecule is Cc1c(C(=O)N2CCNCC2)nnn1-c1cccc2cnccc12. The number of benzene rings is 1. The van der Waals surface area contributed by atoms with E-state index in [1.54, 1.807) is 10.9 Å². The lowest BCUT2D eigenvalue weighted by atomic mass is 10.1. The molecular formula is C17H18N6O. The molecule has 0 unspecified atom stereocenters. The van der Waals surface area contributed by atoms with Gasteiger partial charge in [0, 0.05) is 49.3 Å². The molecule has 1 aromatic carbocycles. The summed E-state index contributed by atoms with van der Waals surface area (Å²) >= 11 is 0. The average Bonchev–Trinajstić information content (AvgIpc) is 3.02. The second-order valence-corrected chi connectivity index (χ2v) is 5.85. The molecule has 1 aliphatic heterocycles.